The number of benzene rings is 1. The Labute approximate surface area is 124 Å². The van der Waals surface area contributed by atoms with E-state index in [4.69, 9.17) is 0 Å². The van der Waals surface area contributed by atoms with Gasteiger partial charge in [0.05, 0.1) is 0 Å². The lowest BCUT2D eigenvalue weighted by atomic mass is 9.79. The van der Waals surface area contributed by atoms with Crippen molar-refractivity contribution >= 4 is 9.46 Å². The van der Waals surface area contributed by atoms with Gasteiger partial charge in [-0.3, -0.25) is 8.22 Å². The molecule has 0 bridgehead atoms. The van der Waals surface area contributed by atoms with Crippen LogP contribution in [0.15, 0.2) is 18.2 Å². The van der Waals surface area contributed by atoms with Crippen LogP contribution in [0.4, 0.5) is 8.22 Å². The van der Waals surface area contributed by atoms with Gasteiger partial charge in [-0.2, -0.15) is 0 Å². The topological polar surface area (TPSA) is 0 Å². The molecule has 0 N–H and O–H groups in total. The van der Waals surface area contributed by atoms with Crippen molar-refractivity contribution in [2.75, 3.05) is 0 Å². The Morgan fingerprint density at radius 1 is 0.850 bits per heavy atom. The molecule has 3 heteroatoms. The van der Waals surface area contributed by atoms with Gasteiger partial charge in [0.15, 0.2) is 0 Å². The highest BCUT2D eigenvalue weighted by Gasteiger charge is 2.20. The number of halogens is 2. The van der Waals surface area contributed by atoms with E-state index in [1.807, 2.05) is 0 Å². The molecule has 0 aromatic heterocycles. The maximum Gasteiger partial charge on any atom is 0.411 e. The van der Waals surface area contributed by atoms with Gasteiger partial charge in [0, 0.05) is 0 Å². The van der Waals surface area contributed by atoms with Crippen molar-refractivity contribution < 1.29 is 8.22 Å². The summed E-state index contributed by atoms with van der Waals surface area (Å²) in [6.45, 7) is 13.2. The summed E-state index contributed by atoms with van der Waals surface area (Å²) in [7, 11) is -3.40. The minimum Gasteiger partial charge on any atom is -0.275 e. The van der Waals surface area contributed by atoms with Gasteiger partial charge in [0.1, 0.15) is 0 Å². The zero-order chi connectivity index (χ0) is 15.6. The third kappa shape index (κ3) is 5.35. The summed E-state index contributed by atoms with van der Waals surface area (Å²) in [5.74, 6) is 0. The third-order valence-electron chi connectivity index (χ3n) is 3.61. The Morgan fingerprint density at radius 3 is 1.65 bits per heavy atom. The van der Waals surface area contributed by atoms with Crippen LogP contribution in [0.1, 0.15) is 64.7 Å². The van der Waals surface area contributed by atoms with Gasteiger partial charge in [0.2, 0.25) is 0 Å². The van der Waals surface area contributed by atoms with Crippen LogP contribution in [0, 0.1) is 0 Å². The van der Waals surface area contributed by atoms with E-state index in [-0.39, 0.29) is 16.9 Å². The van der Waals surface area contributed by atoms with Crippen molar-refractivity contribution in [3.05, 3.63) is 34.9 Å². The van der Waals surface area contributed by atoms with E-state index in [1.54, 1.807) is 0 Å². The van der Waals surface area contributed by atoms with E-state index >= 15 is 0 Å². The maximum atomic E-state index is 12.4. The molecule has 0 heterocycles. The quantitative estimate of drug-likeness (QED) is 0.517. The molecule has 0 fully saturated rings. The van der Waals surface area contributed by atoms with Crippen LogP contribution in [-0.4, -0.2) is 9.46 Å². The largest absolute Gasteiger partial charge is 0.411 e. The summed E-state index contributed by atoms with van der Waals surface area (Å²) in [5.41, 5.74) is 3.99. The summed E-state index contributed by atoms with van der Waals surface area (Å²) >= 11 is 0. The second-order valence-electron chi connectivity index (χ2n) is 7.70. The Morgan fingerprint density at radius 2 is 1.30 bits per heavy atom. The van der Waals surface area contributed by atoms with Crippen molar-refractivity contribution in [3.63, 3.8) is 0 Å². The van der Waals surface area contributed by atoms with Crippen LogP contribution >= 0.6 is 0 Å². The second-order valence-corrected chi connectivity index (χ2v) is 9.06. The van der Waals surface area contributed by atoms with Crippen molar-refractivity contribution in [2.24, 2.45) is 0 Å². The molecule has 0 saturated carbocycles. The van der Waals surface area contributed by atoms with Crippen LogP contribution in [0.2, 0.25) is 6.04 Å². The molecule has 1 rings (SSSR count). The van der Waals surface area contributed by atoms with Crippen LogP contribution in [0.25, 0.3) is 0 Å². The summed E-state index contributed by atoms with van der Waals surface area (Å²) in [6, 6.07) is 6.79. The summed E-state index contributed by atoms with van der Waals surface area (Å²) in [6.07, 6.45) is 1.38. The minimum absolute atomic E-state index is 0.0907. The molecule has 0 radical (unpaired) electrons. The van der Waals surface area contributed by atoms with Crippen molar-refractivity contribution in [2.45, 2.75) is 71.3 Å². The molecule has 0 spiro atoms. The van der Waals surface area contributed by atoms with E-state index in [0.717, 1.165) is 6.42 Å². The first-order valence-corrected chi connectivity index (χ1v) is 9.12. The lowest BCUT2D eigenvalue weighted by Crippen LogP contribution is -2.17. The van der Waals surface area contributed by atoms with E-state index in [0.29, 0.717) is 6.42 Å². The fourth-order valence-electron chi connectivity index (χ4n) is 2.16. The highest BCUT2D eigenvalue weighted by Crippen LogP contribution is 2.30. The zero-order valence-corrected chi connectivity index (χ0v) is 14.8. The van der Waals surface area contributed by atoms with E-state index in [9.17, 15) is 8.22 Å². The molecular weight excluding hydrogens is 270 g/mol. The lowest BCUT2D eigenvalue weighted by molar-refractivity contribution is 0.566. The number of rotatable bonds is 4. The number of hydrogen-bond donors (Lipinski definition) is 0. The van der Waals surface area contributed by atoms with E-state index in [2.05, 4.69) is 59.7 Å². The van der Waals surface area contributed by atoms with Gasteiger partial charge in [0.25, 0.3) is 0 Å². The molecule has 20 heavy (non-hydrogen) atoms. The molecule has 0 aliphatic heterocycles. The van der Waals surface area contributed by atoms with Crippen molar-refractivity contribution in [1.29, 1.82) is 0 Å². The lowest BCUT2D eigenvalue weighted by Gasteiger charge is -2.26. The predicted molar refractivity (Wildman–Crippen MR) is 86.3 cm³/mol. The van der Waals surface area contributed by atoms with Gasteiger partial charge in [-0.15, -0.1) is 0 Å². The minimum atomic E-state index is -3.40. The zero-order valence-electron chi connectivity index (χ0n) is 13.7. The first-order chi connectivity index (χ1) is 9.00. The molecule has 0 nitrogen and oxygen atoms in total. The maximum absolute atomic E-state index is 12.4. The fraction of sp³-hybridized carbons (Fsp3) is 0.647. The molecule has 0 aliphatic carbocycles. The SMILES string of the molecule is CC(C)(C)c1cc(CCC[SiH](F)F)cc(C(C)(C)C)c1. The summed E-state index contributed by atoms with van der Waals surface area (Å²) in [5, 5.41) is 0. The molecule has 0 saturated heterocycles. The van der Waals surface area contributed by atoms with E-state index < -0.39 is 9.46 Å². The van der Waals surface area contributed by atoms with Crippen LogP contribution in [-0.2, 0) is 17.3 Å². The Balaban J connectivity index is 3.05. The van der Waals surface area contributed by atoms with Gasteiger partial charge < -0.3 is 0 Å². The normalized spacial score (nSPS) is 13.1. The summed E-state index contributed by atoms with van der Waals surface area (Å²) < 4.78 is 24.8. The van der Waals surface area contributed by atoms with Crippen LogP contribution in [0.5, 0.6) is 0 Å². The molecule has 0 aliphatic rings. The third-order valence-corrected chi connectivity index (χ3v) is 4.46. The fourth-order valence-corrected chi connectivity index (χ4v) is 2.68. The molecule has 1 aromatic rings. The highest BCUT2D eigenvalue weighted by molar-refractivity contribution is 6.42. The monoisotopic (exact) mass is 298 g/mol. The Kier molecular flexibility index (Phi) is 5.53. The highest BCUT2D eigenvalue weighted by atomic mass is 28.4. The van der Waals surface area contributed by atoms with Gasteiger partial charge in [-0.05, 0) is 46.4 Å². The average Bonchev–Trinajstić information content (AvgIpc) is 2.25. The smallest absolute Gasteiger partial charge is 0.275 e. The number of hydrogen-bond acceptors (Lipinski definition) is 0. The molecule has 114 valence electrons. The van der Waals surface area contributed by atoms with Crippen molar-refractivity contribution in [1.82, 2.24) is 0 Å². The average molecular weight is 298 g/mol. The first kappa shape index (κ1) is 17.3. The van der Waals surface area contributed by atoms with Crippen LogP contribution < -0.4 is 0 Å². The molecular formula is C17H28F2Si. The molecule has 0 atom stereocenters. The summed E-state index contributed by atoms with van der Waals surface area (Å²) in [4.78, 5) is 0. The van der Waals surface area contributed by atoms with Gasteiger partial charge in [-0.25, -0.2) is 0 Å². The Bertz CT molecular complexity index is 407. The first-order valence-electron chi connectivity index (χ1n) is 7.43. The standard InChI is InChI=1S/C17H28F2Si/c1-16(2,3)14-10-13(8-7-9-20(18)19)11-15(12-14)17(4,5)6/h10-12,20H,7-9H2,1-6H3. The Hall–Kier alpha value is -0.703. The molecule has 1 aromatic carbocycles. The van der Waals surface area contributed by atoms with Gasteiger partial charge >= 0.3 is 9.46 Å². The predicted octanol–water partition coefficient (Wildman–Crippen LogP) is 5.37. The van der Waals surface area contributed by atoms with Gasteiger partial charge in [-0.1, -0.05) is 59.7 Å². The number of aryl methyl sites for hydroxylation is 1. The van der Waals surface area contributed by atoms with Crippen molar-refractivity contribution in [3.8, 4) is 0 Å². The molecule has 0 unspecified atom stereocenters. The molecule has 0 amide bonds. The van der Waals surface area contributed by atoms with E-state index in [1.165, 1.54) is 16.7 Å². The van der Waals surface area contributed by atoms with Crippen LogP contribution in [0.3, 0.4) is 0 Å². The second kappa shape index (κ2) is 6.38.